The van der Waals surface area contributed by atoms with E-state index in [4.69, 9.17) is 5.14 Å². The fourth-order valence-corrected chi connectivity index (χ4v) is 3.95. The maximum atomic E-state index is 12.7. The van der Waals surface area contributed by atoms with Gasteiger partial charge in [0.15, 0.2) is 0 Å². The second-order valence-corrected chi connectivity index (χ2v) is 8.76. The zero-order valence-electron chi connectivity index (χ0n) is 13.4. The molecule has 0 spiro atoms. The summed E-state index contributed by atoms with van der Waals surface area (Å²) in [5.74, 6) is 0. The number of sulfonamides is 2. The van der Waals surface area contributed by atoms with Crippen molar-refractivity contribution in [2.75, 3.05) is 0 Å². The molecule has 0 saturated heterocycles. The molecular weight excluding hydrogens is 393 g/mol. The van der Waals surface area contributed by atoms with E-state index in [1.54, 1.807) is 0 Å². The Morgan fingerprint density at radius 1 is 0.962 bits per heavy atom. The molecule has 0 aromatic heterocycles. The molecule has 0 amide bonds. The summed E-state index contributed by atoms with van der Waals surface area (Å²) < 4.78 is 87.6. The average Bonchev–Trinajstić information content (AvgIpc) is 2.53. The Labute approximate surface area is 148 Å². The number of nitrogens with two attached hydrogens (primary N) is 1. The SMILES string of the molecule is C[C@H](NS(=O)(=O)c1cccc(C(F)(F)F)c1)c1ccc(S(N)(=O)=O)cc1. The molecule has 6 nitrogen and oxygen atoms in total. The van der Waals surface area contributed by atoms with Crippen molar-refractivity contribution >= 4 is 20.0 Å². The molecule has 142 valence electrons. The van der Waals surface area contributed by atoms with Crippen LogP contribution in [0.2, 0.25) is 0 Å². The third kappa shape index (κ3) is 4.81. The number of primary sulfonamides is 1. The van der Waals surface area contributed by atoms with Crippen LogP contribution in [0.15, 0.2) is 58.3 Å². The number of nitrogens with one attached hydrogen (secondary N) is 1. The second-order valence-electron chi connectivity index (χ2n) is 5.48. The largest absolute Gasteiger partial charge is 0.416 e. The Kier molecular flexibility index (Phi) is 5.47. The Morgan fingerprint density at radius 3 is 2.04 bits per heavy atom. The minimum absolute atomic E-state index is 0.144. The number of rotatable bonds is 5. The minimum atomic E-state index is -4.67. The molecule has 3 N–H and O–H groups in total. The van der Waals surface area contributed by atoms with E-state index < -0.39 is 42.7 Å². The molecule has 2 aromatic carbocycles. The normalized spacial score (nSPS) is 14.2. The van der Waals surface area contributed by atoms with Crippen LogP contribution in [0.25, 0.3) is 0 Å². The van der Waals surface area contributed by atoms with Crippen molar-refractivity contribution in [2.24, 2.45) is 5.14 Å². The Balaban J connectivity index is 2.26. The Morgan fingerprint density at radius 2 is 1.54 bits per heavy atom. The van der Waals surface area contributed by atoms with Gasteiger partial charge in [-0.05, 0) is 42.8 Å². The molecule has 1 atom stereocenters. The van der Waals surface area contributed by atoms with Gasteiger partial charge >= 0.3 is 6.18 Å². The molecule has 0 aliphatic carbocycles. The Bertz CT molecular complexity index is 1000. The summed E-state index contributed by atoms with van der Waals surface area (Å²) in [5.41, 5.74) is -0.668. The molecule has 0 bridgehead atoms. The first-order chi connectivity index (χ1) is 11.8. The molecule has 2 aromatic rings. The van der Waals surface area contributed by atoms with Gasteiger partial charge in [-0.3, -0.25) is 0 Å². The first-order valence-corrected chi connectivity index (χ1v) is 10.2. The third-order valence-electron chi connectivity index (χ3n) is 3.51. The van der Waals surface area contributed by atoms with Crippen LogP contribution in [0.1, 0.15) is 24.1 Å². The van der Waals surface area contributed by atoms with E-state index in [-0.39, 0.29) is 4.90 Å². The molecule has 2 rings (SSSR count). The first kappa shape index (κ1) is 20.4. The zero-order chi connectivity index (χ0) is 19.8. The van der Waals surface area contributed by atoms with Gasteiger partial charge in [0.1, 0.15) is 0 Å². The average molecular weight is 408 g/mol. The summed E-state index contributed by atoms with van der Waals surface area (Å²) in [6.07, 6.45) is -4.67. The number of alkyl halides is 3. The highest BCUT2D eigenvalue weighted by atomic mass is 32.2. The van der Waals surface area contributed by atoms with E-state index >= 15 is 0 Å². The summed E-state index contributed by atoms with van der Waals surface area (Å²) in [5, 5.41) is 4.98. The summed E-state index contributed by atoms with van der Waals surface area (Å²) in [6, 6.07) is 7.69. The first-order valence-electron chi connectivity index (χ1n) is 7.13. The highest BCUT2D eigenvalue weighted by molar-refractivity contribution is 7.89. The molecule has 0 saturated carbocycles. The summed E-state index contributed by atoms with van der Waals surface area (Å²) >= 11 is 0. The van der Waals surface area contributed by atoms with Crippen LogP contribution in [-0.4, -0.2) is 16.8 Å². The lowest BCUT2D eigenvalue weighted by molar-refractivity contribution is -0.137. The van der Waals surface area contributed by atoms with Crippen molar-refractivity contribution in [3.63, 3.8) is 0 Å². The predicted octanol–water partition coefficient (Wildman–Crippen LogP) is 2.39. The van der Waals surface area contributed by atoms with Gasteiger partial charge in [0.25, 0.3) is 0 Å². The highest BCUT2D eigenvalue weighted by Gasteiger charge is 2.32. The lowest BCUT2D eigenvalue weighted by Crippen LogP contribution is -2.27. The molecule has 11 heteroatoms. The number of halogens is 3. The molecule has 0 unspecified atom stereocenters. The molecule has 0 fully saturated rings. The van der Waals surface area contributed by atoms with Crippen molar-refractivity contribution in [1.29, 1.82) is 0 Å². The highest BCUT2D eigenvalue weighted by Crippen LogP contribution is 2.30. The minimum Gasteiger partial charge on any atom is -0.225 e. The van der Waals surface area contributed by atoms with Crippen molar-refractivity contribution < 1.29 is 30.0 Å². The lowest BCUT2D eigenvalue weighted by atomic mass is 10.1. The van der Waals surface area contributed by atoms with Gasteiger partial charge in [-0.1, -0.05) is 18.2 Å². The maximum Gasteiger partial charge on any atom is 0.416 e. The zero-order valence-corrected chi connectivity index (χ0v) is 15.0. The van der Waals surface area contributed by atoms with E-state index in [1.807, 2.05) is 0 Å². The van der Waals surface area contributed by atoms with Crippen molar-refractivity contribution in [3.8, 4) is 0 Å². The standard InChI is InChI=1S/C15H15F3N2O4S2/c1-10(11-5-7-13(8-6-11)25(19,21)22)20-26(23,24)14-4-2-3-12(9-14)15(16,17)18/h2-10,20H,1H3,(H2,19,21,22)/t10-/m0/s1. The van der Waals surface area contributed by atoms with Crippen molar-refractivity contribution in [1.82, 2.24) is 4.72 Å². The summed E-state index contributed by atoms with van der Waals surface area (Å²) in [4.78, 5) is -0.672. The van der Waals surface area contributed by atoms with E-state index in [9.17, 15) is 30.0 Å². The van der Waals surface area contributed by atoms with Gasteiger partial charge in [-0.25, -0.2) is 26.7 Å². The van der Waals surface area contributed by atoms with Gasteiger partial charge in [0.05, 0.1) is 15.4 Å². The van der Waals surface area contributed by atoms with Gasteiger partial charge < -0.3 is 0 Å². The molecular formula is C15H15F3N2O4S2. The fourth-order valence-electron chi connectivity index (χ4n) is 2.15. The summed E-state index contributed by atoms with van der Waals surface area (Å²) in [6.45, 7) is 1.47. The third-order valence-corrected chi connectivity index (χ3v) is 5.98. The smallest absolute Gasteiger partial charge is 0.225 e. The number of hydrogen-bond acceptors (Lipinski definition) is 4. The summed E-state index contributed by atoms with van der Waals surface area (Å²) in [7, 11) is -8.11. The topological polar surface area (TPSA) is 106 Å². The van der Waals surface area contributed by atoms with Crippen molar-refractivity contribution in [3.05, 3.63) is 59.7 Å². The van der Waals surface area contributed by atoms with Crippen LogP contribution in [0.3, 0.4) is 0 Å². The van der Waals surface area contributed by atoms with E-state index in [0.717, 1.165) is 18.2 Å². The molecule has 0 heterocycles. The van der Waals surface area contributed by atoms with Gasteiger partial charge in [0, 0.05) is 6.04 Å². The van der Waals surface area contributed by atoms with Gasteiger partial charge in [0.2, 0.25) is 20.0 Å². The van der Waals surface area contributed by atoms with E-state index in [2.05, 4.69) is 4.72 Å². The molecule has 0 aliphatic heterocycles. The van der Waals surface area contributed by atoms with Crippen LogP contribution < -0.4 is 9.86 Å². The Hall–Kier alpha value is -1.95. The van der Waals surface area contributed by atoms with Gasteiger partial charge in [-0.2, -0.15) is 13.2 Å². The molecule has 0 aliphatic rings. The van der Waals surface area contributed by atoms with Crippen molar-refractivity contribution in [2.45, 2.75) is 28.9 Å². The van der Waals surface area contributed by atoms with Crippen LogP contribution in [-0.2, 0) is 26.2 Å². The van der Waals surface area contributed by atoms with Crippen LogP contribution >= 0.6 is 0 Å². The monoisotopic (exact) mass is 408 g/mol. The van der Waals surface area contributed by atoms with Crippen LogP contribution in [0.5, 0.6) is 0 Å². The van der Waals surface area contributed by atoms with E-state index in [0.29, 0.717) is 11.6 Å². The van der Waals surface area contributed by atoms with Crippen LogP contribution in [0, 0.1) is 0 Å². The van der Waals surface area contributed by atoms with Gasteiger partial charge in [-0.15, -0.1) is 0 Å². The van der Waals surface area contributed by atoms with E-state index in [1.165, 1.54) is 31.2 Å². The second kappa shape index (κ2) is 6.99. The predicted molar refractivity (Wildman–Crippen MR) is 88.0 cm³/mol. The molecule has 26 heavy (non-hydrogen) atoms. The number of hydrogen-bond donors (Lipinski definition) is 2. The lowest BCUT2D eigenvalue weighted by Gasteiger charge is -2.16. The fraction of sp³-hybridized carbons (Fsp3) is 0.200. The quantitative estimate of drug-likeness (QED) is 0.792. The maximum absolute atomic E-state index is 12.7. The molecule has 0 radical (unpaired) electrons. The number of benzene rings is 2. The van der Waals surface area contributed by atoms with Crippen LogP contribution in [0.4, 0.5) is 13.2 Å².